The van der Waals surface area contributed by atoms with E-state index in [0.29, 0.717) is 30.5 Å². The van der Waals surface area contributed by atoms with Gasteiger partial charge in [0.05, 0.1) is 10.6 Å². The van der Waals surface area contributed by atoms with Gasteiger partial charge in [-0.05, 0) is 60.0 Å². The lowest BCUT2D eigenvalue weighted by Crippen LogP contribution is -2.38. The van der Waals surface area contributed by atoms with Crippen LogP contribution in [0.2, 0.25) is 0 Å². The first-order valence-electron chi connectivity index (χ1n) is 11.3. The summed E-state index contributed by atoms with van der Waals surface area (Å²) in [6.45, 7) is 0.373. The van der Waals surface area contributed by atoms with Gasteiger partial charge in [0.25, 0.3) is 0 Å². The largest absolute Gasteiger partial charge is 0.383 e. The minimum absolute atomic E-state index is 0.000421. The third-order valence-corrected chi connectivity index (χ3v) is 7.83. The molecule has 1 aliphatic heterocycles. The molecule has 1 unspecified atom stereocenters. The first-order chi connectivity index (χ1) is 17.2. The summed E-state index contributed by atoms with van der Waals surface area (Å²) < 4.78 is 54.5. The number of hydrogen-bond donors (Lipinski definition) is 1. The van der Waals surface area contributed by atoms with Crippen molar-refractivity contribution in [1.29, 1.82) is 0 Å². The van der Waals surface area contributed by atoms with Gasteiger partial charge < -0.3 is 10.6 Å². The average Bonchev–Trinajstić information content (AvgIpc) is 3.10. The van der Waals surface area contributed by atoms with Gasteiger partial charge in [-0.25, -0.2) is 17.2 Å². The van der Waals surface area contributed by atoms with Gasteiger partial charge in [0.1, 0.15) is 11.6 Å². The summed E-state index contributed by atoms with van der Waals surface area (Å²) in [6.07, 6.45) is 6.45. The molecule has 188 valence electrons. The Morgan fingerprint density at radius 2 is 1.78 bits per heavy atom. The number of nitrogens with two attached hydrogens (primary N) is 1. The number of nitrogens with zero attached hydrogens (tertiary/aromatic N) is 2. The van der Waals surface area contributed by atoms with Crippen molar-refractivity contribution in [3.63, 3.8) is 0 Å². The van der Waals surface area contributed by atoms with E-state index in [2.05, 4.69) is 5.16 Å². The number of oxime groups is 1. The molecule has 2 aromatic carbocycles. The van der Waals surface area contributed by atoms with E-state index in [-0.39, 0.29) is 35.2 Å². The van der Waals surface area contributed by atoms with Crippen LogP contribution in [-0.2, 0) is 14.9 Å². The van der Waals surface area contributed by atoms with Crippen molar-refractivity contribution in [1.82, 2.24) is 4.31 Å². The van der Waals surface area contributed by atoms with E-state index in [1.807, 2.05) is 0 Å². The second kappa shape index (κ2) is 11.0. The van der Waals surface area contributed by atoms with E-state index in [1.165, 1.54) is 52.9 Å². The quantitative estimate of drug-likeness (QED) is 0.548. The molecule has 1 fully saturated rings. The van der Waals surface area contributed by atoms with Crippen molar-refractivity contribution in [2.24, 2.45) is 10.9 Å². The molecule has 2 N–H and O–H groups in total. The predicted molar refractivity (Wildman–Crippen MR) is 132 cm³/mol. The lowest BCUT2D eigenvalue weighted by molar-refractivity contribution is 0.0814. The number of carbonyl (C=O) groups is 1. The zero-order valence-corrected chi connectivity index (χ0v) is 20.1. The molecule has 0 aromatic heterocycles. The molecule has 4 rings (SSSR count). The third-order valence-electron chi connectivity index (χ3n) is 5.94. The van der Waals surface area contributed by atoms with Crippen LogP contribution in [0.15, 0.2) is 94.3 Å². The van der Waals surface area contributed by atoms with E-state index >= 15 is 0 Å². The maximum Gasteiger partial charge on any atom is 0.248 e. The van der Waals surface area contributed by atoms with Crippen molar-refractivity contribution in [3.8, 4) is 0 Å². The smallest absolute Gasteiger partial charge is 0.248 e. The lowest BCUT2D eigenvalue weighted by atomic mass is 9.99. The fraction of sp³-hybridized carbons (Fsp3) is 0.231. The molecule has 1 aliphatic carbocycles. The summed E-state index contributed by atoms with van der Waals surface area (Å²) >= 11 is 0. The summed E-state index contributed by atoms with van der Waals surface area (Å²) in [5.74, 6) is -1.48. The Kier molecular flexibility index (Phi) is 7.76. The van der Waals surface area contributed by atoms with Crippen LogP contribution >= 0.6 is 0 Å². The molecule has 7 nitrogen and oxygen atoms in total. The number of benzene rings is 2. The van der Waals surface area contributed by atoms with E-state index in [0.717, 1.165) is 5.57 Å². The van der Waals surface area contributed by atoms with Gasteiger partial charge in [-0.1, -0.05) is 35.5 Å². The van der Waals surface area contributed by atoms with E-state index < -0.39 is 22.0 Å². The standard InChI is InChI=1S/C26H25F2N3O4S/c27-21-5-1-3-18(7-10-21)25(19-8-11-22(28)12-9-19)35-30-23-13-15-31(16-14-23)36(33,34)24-6-2-4-20(17-24)26(29)32/h1-2,4-12,17,25H,3,13-16H2,(H2,29,32). The van der Waals surface area contributed by atoms with Crippen LogP contribution < -0.4 is 5.73 Å². The Bertz CT molecular complexity index is 1360. The molecule has 0 bridgehead atoms. The Morgan fingerprint density at radius 3 is 2.47 bits per heavy atom. The molecule has 0 radical (unpaired) electrons. The summed E-state index contributed by atoms with van der Waals surface area (Å²) in [7, 11) is -3.81. The zero-order valence-electron chi connectivity index (χ0n) is 19.3. The van der Waals surface area contributed by atoms with Crippen molar-refractivity contribution >= 4 is 21.6 Å². The van der Waals surface area contributed by atoms with Gasteiger partial charge in [0, 0.05) is 31.5 Å². The number of carbonyl (C=O) groups excluding carboxylic acids is 1. The number of amides is 1. The van der Waals surface area contributed by atoms with Crippen LogP contribution in [0.4, 0.5) is 8.78 Å². The molecule has 0 spiro atoms. The summed E-state index contributed by atoms with van der Waals surface area (Å²) in [5.41, 5.74) is 7.46. The van der Waals surface area contributed by atoms with Crippen molar-refractivity contribution in [2.45, 2.75) is 30.3 Å². The zero-order chi connectivity index (χ0) is 25.7. The van der Waals surface area contributed by atoms with Crippen molar-refractivity contribution < 1.29 is 26.8 Å². The van der Waals surface area contributed by atoms with Crippen LogP contribution in [0.5, 0.6) is 0 Å². The van der Waals surface area contributed by atoms with Gasteiger partial charge in [0.2, 0.25) is 15.9 Å². The molecule has 0 saturated carbocycles. The second-order valence-electron chi connectivity index (χ2n) is 8.39. The van der Waals surface area contributed by atoms with E-state index in [9.17, 15) is 22.0 Å². The van der Waals surface area contributed by atoms with Gasteiger partial charge in [-0.3, -0.25) is 4.79 Å². The van der Waals surface area contributed by atoms with Gasteiger partial charge in [-0.2, -0.15) is 4.31 Å². The minimum atomic E-state index is -3.81. The summed E-state index contributed by atoms with van der Waals surface area (Å²) in [4.78, 5) is 17.3. The molecule has 1 saturated heterocycles. The summed E-state index contributed by atoms with van der Waals surface area (Å²) in [5, 5.41) is 4.29. The van der Waals surface area contributed by atoms with Gasteiger partial charge >= 0.3 is 0 Å². The SMILES string of the molecule is NC(=O)c1cccc(S(=O)(=O)N2CCC(=NOC(C3=CC=C(F)C=CC3)c3ccc(F)cc3)CC2)c1. The number of allylic oxidation sites excluding steroid dienone is 5. The lowest BCUT2D eigenvalue weighted by Gasteiger charge is -2.27. The van der Waals surface area contributed by atoms with E-state index in [4.69, 9.17) is 10.6 Å². The Hall–Kier alpha value is -3.63. The third kappa shape index (κ3) is 5.95. The van der Waals surface area contributed by atoms with Gasteiger partial charge in [-0.15, -0.1) is 0 Å². The topological polar surface area (TPSA) is 102 Å². The van der Waals surface area contributed by atoms with Crippen LogP contribution in [-0.4, -0.2) is 37.4 Å². The number of halogens is 2. The van der Waals surface area contributed by atoms with Crippen LogP contribution in [0.25, 0.3) is 0 Å². The maximum atomic E-state index is 13.7. The van der Waals surface area contributed by atoms with E-state index in [1.54, 1.807) is 24.3 Å². The molecule has 2 aromatic rings. The first kappa shape index (κ1) is 25.5. The number of primary amides is 1. The van der Waals surface area contributed by atoms with Crippen molar-refractivity contribution in [3.05, 3.63) is 101 Å². The Labute approximate surface area is 208 Å². The highest BCUT2D eigenvalue weighted by molar-refractivity contribution is 7.89. The predicted octanol–water partition coefficient (Wildman–Crippen LogP) is 4.56. The number of sulfonamides is 1. The molecular weight excluding hydrogens is 488 g/mol. The Morgan fingerprint density at radius 1 is 1.06 bits per heavy atom. The normalized spacial score (nSPS) is 17.6. The number of rotatable bonds is 7. The highest BCUT2D eigenvalue weighted by Crippen LogP contribution is 2.31. The monoisotopic (exact) mass is 513 g/mol. The minimum Gasteiger partial charge on any atom is -0.383 e. The highest BCUT2D eigenvalue weighted by Gasteiger charge is 2.29. The number of piperidine rings is 1. The molecule has 10 heteroatoms. The fourth-order valence-corrected chi connectivity index (χ4v) is 5.44. The fourth-order valence-electron chi connectivity index (χ4n) is 3.95. The molecule has 1 heterocycles. The second-order valence-corrected chi connectivity index (χ2v) is 10.3. The first-order valence-corrected chi connectivity index (χ1v) is 12.8. The maximum absolute atomic E-state index is 13.7. The molecule has 1 atom stereocenters. The molecule has 2 aliphatic rings. The number of hydrogen-bond acceptors (Lipinski definition) is 5. The highest BCUT2D eigenvalue weighted by atomic mass is 32.2. The van der Waals surface area contributed by atoms with Crippen LogP contribution in [0.3, 0.4) is 0 Å². The van der Waals surface area contributed by atoms with Crippen LogP contribution in [0.1, 0.15) is 41.3 Å². The van der Waals surface area contributed by atoms with Gasteiger partial charge in [0.15, 0.2) is 6.10 Å². The Balaban J connectivity index is 1.48. The summed E-state index contributed by atoms with van der Waals surface area (Å²) in [6, 6.07) is 11.4. The van der Waals surface area contributed by atoms with Crippen LogP contribution in [0, 0.1) is 5.82 Å². The molecular formula is C26H25F2N3O4S. The van der Waals surface area contributed by atoms with Crippen molar-refractivity contribution in [2.75, 3.05) is 13.1 Å². The average molecular weight is 514 g/mol. The molecule has 1 amide bonds. The molecule has 36 heavy (non-hydrogen) atoms.